The minimum atomic E-state index is -3.21. The fraction of sp³-hybridized carbons (Fsp3) is 0.278. The normalized spacial score (nSPS) is 23.4. The van der Waals surface area contributed by atoms with E-state index in [1.807, 2.05) is 0 Å². The van der Waals surface area contributed by atoms with Crippen LogP contribution in [0, 0.1) is 11.6 Å². The molecule has 4 nitrogen and oxygen atoms in total. The molecule has 2 aliphatic heterocycles. The Morgan fingerprint density at radius 2 is 1.93 bits per heavy atom. The number of sulfone groups is 1. The van der Waals surface area contributed by atoms with Crippen LogP contribution in [0.25, 0.3) is 0 Å². The number of halogens is 3. The Morgan fingerprint density at radius 3 is 2.67 bits per heavy atom. The molecule has 27 heavy (non-hydrogen) atoms. The minimum absolute atomic E-state index is 0.0423. The molecule has 0 radical (unpaired) electrons. The Kier molecular flexibility index (Phi) is 5.02. The van der Waals surface area contributed by atoms with Crippen LogP contribution in [0.3, 0.4) is 0 Å². The largest absolute Gasteiger partial charge is 0.312 e. The van der Waals surface area contributed by atoms with Gasteiger partial charge in [0.1, 0.15) is 11.6 Å². The first-order valence-electron chi connectivity index (χ1n) is 8.23. The minimum Gasteiger partial charge on any atom is -0.312 e. The second-order valence-electron chi connectivity index (χ2n) is 6.47. The Hall–Kier alpha value is -1.45. The zero-order valence-electron chi connectivity index (χ0n) is 14.0. The molecule has 2 aromatic carbocycles. The van der Waals surface area contributed by atoms with Crippen LogP contribution in [0.15, 0.2) is 51.9 Å². The first-order chi connectivity index (χ1) is 12.8. The summed E-state index contributed by atoms with van der Waals surface area (Å²) in [5.41, 5.74) is 0.800. The molecule has 0 aliphatic carbocycles. The van der Waals surface area contributed by atoms with Crippen molar-refractivity contribution in [1.29, 1.82) is 0 Å². The average Bonchev–Trinajstić information content (AvgIpc) is 3.06. The summed E-state index contributed by atoms with van der Waals surface area (Å²) in [6.07, 6.45) is 0. The van der Waals surface area contributed by atoms with Crippen LogP contribution in [-0.2, 0) is 15.6 Å². The second-order valence-corrected chi connectivity index (χ2v) is 10.5. The Labute approximate surface area is 168 Å². The van der Waals surface area contributed by atoms with Gasteiger partial charge in [-0.25, -0.2) is 17.2 Å². The van der Waals surface area contributed by atoms with Gasteiger partial charge in [-0.3, -0.25) is 4.99 Å². The highest BCUT2D eigenvalue weighted by atomic mass is 79.9. The molecule has 0 aromatic heterocycles. The third-order valence-electron chi connectivity index (χ3n) is 4.59. The molecule has 2 aliphatic rings. The van der Waals surface area contributed by atoms with E-state index < -0.39 is 27.7 Å². The van der Waals surface area contributed by atoms with Crippen LogP contribution >= 0.6 is 27.7 Å². The van der Waals surface area contributed by atoms with Crippen molar-refractivity contribution in [1.82, 2.24) is 0 Å². The third-order valence-corrected chi connectivity index (χ3v) is 7.80. The van der Waals surface area contributed by atoms with Gasteiger partial charge in [-0.05, 0) is 29.8 Å². The van der Waals surface area contributed by atoms with Crippen LogP contribution in [0.2, 0.25) is 0 Å². The fourth-order valence-electron chi connectivity index (χ4n) is 3.34. The van der Waals surface area contributed by atoms with Crippen molar-refractivity contribution < 1.29 is 17.2 Å². The molecule has 0 N–H and O–H groups in total. The van der Waals surface area contributed by atoms with Crippen molar-refractivity contribution in [3.63, 3.8) is 0 Å². The van der Waals surface area contributed by atoms with Gasteiger partial charge in [-0.2, -0.15) is 0 Å². The van der Waals surface area contributed by atoms with Crippen molar-refractivity contribution in [2.24, 2.45) is 4.99 Å². The summed E-state index contributed by atoms with van der Waals surface area (Å²) in [5.74, 6) is -0.568. The summed E-state index contributed by atoms with van der Waals surface area (Å²) >= 11 is 4.51. The van der Waals surface area contributed by atoms with Crippen molar-refractivity contribution >= 4 is 48.4 Å². The van der Waals surface area contributed by atoms with Crippen molar-refractivity contribution in [3.8, 4) is 0 Å². The molecule has 2 aromatic rings. The van der Waals surface area contributed by atoms with E-state index in [1.54, 1.807) is 35.2 Å². The number of rotatable bonds is 3. The maximum absolute atomic E-state index is 14.4. The van der Waals surface area contributed by atoms with E-state index in [-0.39, 0.29) is 17.3 Å². The van der Waals surface area contributed by atoms with E-state index in [9.17, 15) is 17.2 Å². The number of para-hydroxylation sites is 1. The molecule has 1 saturated heterocycles. The van der Waals surface area contributed by atoms with Gasteiger partial charge in [0.15, 0.2) is 15.0 Å². The molecule has 9 heteroatoms. The van der Waals surface area contributed by atoms with E-state index in [4.69, 9.17) is 0 Å². The lowest BCUT2D eigenvalue weighted by atomic mass is 10.1. The van der Waals surface area contributed by atoms with Crippen molar-refractivity contribution in [2.75, 3.05) is 16.4 Å². The number of hydrogen-bond acceptors (Lipinski definition) is 5. The summed E-state index contributed by atoms with van der Waals surface area (Å²) in [7, 11) is -3.21. The fourth-order valence-corrected chi connectivity index (χ4v) is 6.62. The number of fused-ring (bicyclic) bond motifs is 1. The quantitative estimate of drug-likeness (QED) is 0.677. The molecule has 4 rings (SSSR count). The Bertz CT molecular complexity index is 1030. The molecule has 0 saturated carbocycles. The molecule has 0 spiro atoms. The van der Waals surface area contributed by atoms with Crippen molar-refractivity contribution in [3.05, 3.63) is 64.1 Å². The molecule has 2 heterocycles. The van der Waals surface area contributed by atoms with Gasteiger partial charge in [0.2, 0.25) is 0 Å². The SMILES string of the molecule is O=S1(=O)C[C@H]2N=C(SCc3ccc(Br)cc3F)N(c3ccccc3F)[C@H]2C1. The Balaban J connectivity index is 1.64. The second kappa shape index (κ2) is 7.18. The van der Waals surface area contributed by atoms with E-state index in [2.05, 4.69) is 20.9 Å². The van der Waals surface area contributed by atoms with Gasteiger partial charge < -0.3 is 4.90 Å². The van der Waals surface area contributed by atoms with Gasteiger partial charge in [0.05, 0.1) is 29.3 Å². The van der Waals surface area contributed by atoms with Gasteiger partial charge in [-0.1, -0.05) is 45.9 Å². The highest BCUT2D eigenvalue weighted by molar-refractivity contribution is 9.10. The standard InChI is InChI=1S/C18H15BrF2N2O2S2/c19-12-6-5-11(14(21)7-12)8-26-18-22-15-9-27(24,25)10-17(15)23(18)16-4-2-1-3-13(16)20/h1-7,15,17H,8-10H2/t15-,17+/m1/s1. The van der Waals surface area contributed by atoms with Gasteiger partial charge in [0, 0.05) is 10.2 Å². The molecular formula is C18H15BrF2N2O2S2. The van der Waals surface area contributed by atoms with E-state index in [0.717, 1.165) is 0 Å². The van der Waals surface area contributed by atoms with Crippen molar-refractivity contribution in [2.45, 2.75) is 17.8 Å². The molecule has 0 amide bonds. The van der Waals surface area contributed by atoms with Gasteiger partial charge in [0.25, 0.3) is 0 Å². The summed E-state index contributed by atoms with van der Waals surface area (Å²) in [5, 5.41) is 0.521. The van der Waals surface area contributed by atoms with E-state index in [0.29, 0.717) is 26.6 Å². The Morgan fingerprint density at radius 1 is 1.15 bits per heavy atom. The van der Waals surface area contributed by atoms with Gasteiger partial charge >= 0.3 is 0 Å². The van der Waals surface area contributed by atoms with Crippen LogP contribution in [0.4, 0.5) is 14.5 Å². The van der Waals surface area contributed by atoms with E-state index >= 15 is 0 Å². The summed E-state index contributed by atoms with van der Waals surface area (Å²) < 4.78 is 53.2. The maximum atomic E-state index is 14.4. The number of anilines is 1. The summed E-state index contributed by atoms with van der Waals surface area (Å²) in [4.78, 5) is 6.19. The topological polar surface area (TPSA) is 49.7 Å². The zero-order chi connectivity index (χ0) is 19.2. The highest BCUT2D eigenvalue weighted by Gasteiger charge is 2.47. The molecule has 1 fully saturated rings. The van der Waals surface area contributed by atoms with Crippen LogP contribution in [-0.4, -0.2) is 37.2 Å². The first-order valence-corrected chi connectivity index (χ1v) is 11.8. The molecule has 142 valence electrons. The number of nitrogens with zero attached hydrogens (tertiary/aromatic N) is 2. The lowest BCUT2D eigenvalue weighted by Gasteiger charge is -2.26. The first kappa shape index (κ1) is 18.9. The van der Waals surface area contributed by atoms with Crippen LogP contribution < -0.4 is 4.90 Å². The highest BCUT2D eigenvalue weighted by Crippen LogP contribution is 2.37. The predicted molar refractivity (Wildman–Crippen MR) is 108 cm³/mol. The third kappa shape index (κ3) is 3.77. The van der Waals surface area contributed by atoms with Gasteiger partial charge in [-0.15, -0.1) is 0 Å². The predicted octanol–water partition coefficient (Wildman–Crippen LogP) is 4.00. The molecule has 2 atom stereocenters. The van der Waals surface area contributed by atoms with Crippen LogP contribution in [0.5, 0.6) is 0 Å². The smallest absolute Gasteiger partial charge is 0.164 e. The number of thioether (sulfide) groups is 1. The summed E-state index contributed by atoms with van der Waals surface area (Å²) in [6.45, 7) is 0. The molecular weight excluding hydrogens is 458 g/mol. The number of hydrogen-bond donors (Lipinski definition) is 0. The molecule has 0 unspecified atom stereocenters. The van der Waals surface area contributed by atoms with E-state index in [1.165, 1.54) is 23.9 Å². The monoisotopic (exact) mass is 472 g/mol. The maximum Gasteiger partial charge on any atom is 0.164 e. The average molecular weight is 473 g/mol. The number of amidine groups is 1. The number of aliphatic imine (C=N–C) groups is 1. The zero-order valence-corrected chi connectivity index (χ0v) is 17.2. The molecule has 0 bridgehead atoms. The summed E-state index contributed by atoms with van der Waals surface area (Å²) in [6, 6.07) is 10.2. The number of benzene rings is 2. The lowest BCUT2D eigenvalue weighted by Crippen LogP contribution is -2.39. The lowest BCUT2D eigenvalue weighted by molar-refractivity contribution is 0.600. The van der Waals surface area contributed by atoms with Crippen LogP contribution in [0.1, 0.15) is 5.56 Å².